The van der Waals surface area contributed by atoms with Gasteiger partial charge in [0.2, 0.25) is 5.91 Å². The maximum atomic E-state index is 13.0. The van der Waals surface area contributed by atoms with Gasteiger partial charge >= 0.3 is 0 Å². The number of hydrogen-bond donors (Lipinski definition) is 2. The van der Waals surface area contributed by atoms with Crippen molar-refractivity contribution in [2.24, 2.45) is 0 Å². The maximum absolute atomic E-state index is 13.0. The summed E-state index contributed by atoms with van der Waals surface area (Å²) in [5, 5.41) is 2.71. The molecule has 0 saturated carbocycles. The SMILES string of the molecule is COc1cc(NC(=O)Cc2cccc(F)c2)ccc1N. The molecule has 0 unspecified atom stereocenters. The van der Waals surface area contributed by atoms with E-state index in [1.165, 1.54) is 19.2 Å². The van der Waals surface area contributed by atoms with Crippen molar-refractivity contribution < 1.29 is 13.9 Å². The standard InChI is InChI=1S/C15H15FN2O2/c1-20-14-9-12(5-6-13(14)17)18-15(19)8-10-3-2-4-11(16)7-10/h2-7,9H,8,17H2,1H3,(H,18,19). The number of carbonyl (C=O) groups excluding carboxylic acids is 1. The quantitative estimate of drug-likeness (QED) is 0.842. The Bertz CT molecular complexity index is 629. The monoisotopic (exact) mass is 274 g/mol. The van der Waals surface area contributed by atoms with Crippen molar-refractivity contribution in [1.29, 1.82) is 0 Å². The molecule has 4 nitrogen and oxygen atoms in total. The molecular formula is C15H15FN2O2. The third kappa shape index (κ3) is 3.47. The second-order valence-electron chi connectivity index (χ2n) is 4.31. The van der Waals surface area contributed by atoms with Crippen molar-refractivity contribution in [3.8, 4) is 5.75 Å². The largest absolute Gasteiger partial charge is 0.495 e. The molecule has 5 heteroatoms. The smallest absolute Gasteiger partial charge is 0.228 e. The number of benzene rings is 2. The molecule has 104 valence electrons. The van der Waals surface area contributed by atoms with Crippen LogP contribution in [-0.4, -0.2) is 13.0 Å². The average molecular weight is 274 g/mol. The summed E-state index contributed by atoms with van der Waals surface area (Å²) in [5.74, 6) is -0.0968. The topological polar surface area (TPSA) is 64.3 Å². The molecule has 2 rings (SSSR count). The lowest BCUT2D eigenvalue weighted by Gasteiger charge is -2.09. The Balaban J connectivity index is 2.04. The molecule has 0 aliphatic rings. The molecule has 0 heterocycles. The van der Waals surface area contributed by atoms with Gasteiger partial charge in [0.15, 0.2) is 0 Å². The van der Waals surface area contributed by atoms with Crippen molar-refractivity contribution in [3.05, 3.63) is 53.8 Å². The van der Waals surface area contributed by atoms with Crippen molar-refractivity contribution in [2.75, 3.05) is 18.2 Å². The molecule has 2 aromatic rings. The van der Waals surface area contributed by atoms with E-state index in [4.69, 9.17) is 10.5 Å². The molecule has 20 heavy (non-hydrogen) atoms. The van der Waals surface area contributed by atoms with Crippen LogP contribution in [0.3, 0.4) is 0 Å². The molecule has 0 aromatic heterocycles. The predicted octanol–water partition coefficient (Wildman–Crippen LogP) is 2.60. The molecular weight excluding hydrogens is 259 g/mol. The van der Waals surface area contributed by atoms with E-state index in [1.54, 1.807) is 30.3 Å². The summed E-state index contributed by atoms with van der Waals surface area (Å²) in [7, 11) is 1.50. The minimum Gasteiger partial charge on any atom is -0.495 e. The van der Waals surface area contributed by atoms with Gasteiger partial charge in [-0.05, 0) is 29.8 Å². The number of ether oxygens (including phenoxy) is 1. The van der Waals surface area contributed by atoms with E-state index in [-0.39, 0.29) is 18.1 Å². The number of nitrogen functional groups attached to an aromatic ring is 1. The zero-order chi connectivity index (χ0) is 14.5. The van der Waals surface area contributed by atoms with Gasteiger partial charge in [-0.25, -0.2) is 4.39 Å². The van der Waals surface area contributed by atoms with Gasteiger partial charge in [0.1, 0.15) is 11.6 Å². The van der Waals surface area contributed by atoms with E-state index < -0.39 is 0 Å². The lowest BCUT2D eigenvalue weighted by atomic mass is 10.1. The van der Waals surface area contributed by atoms with Crippen LogP contribution in [0.15, 0.2) is 42.5 Å². The van der Waals surface area contributed by atoms with Gasteiger partial charge in [-0.3, -0.25) is 4.79 Å². The van der Waals surface area contributed by atoms with Crippen molar-refractivity contribution in [1.82, 2.24) is 0 Å². The highest BCUT2D eigenvalue weighted by molar-refractivity contribution is 5.92. The molecule has 0 fully saturated rings. The Labute approximate surface area is 116 Å². The van der Waals surface area contributed by atoms with Crippen LogP contribution in [0, 0.1) is 5.82 Å². The van der Waals surface area contributed by atoms with Crippen molar-refractivity contribution in [2.45, 2.75) is 6.42 Å². The van der Waals surface area contributed by atoms with Gasteiger partial charge < -0.3 is 15.8 Å². The Morgan fingerprint density at radius 2 is 2.10 bits per heavy atom. The highest BCUT2D eigenvalue weighted by atomic mass is 19.1. The second-order valence-corrected chi connectivity index (χ2v) is 4.31. The molecule has 0 aliphatic carbocycles. The molecule has 0 spiro atoms. The van der Waals surface area contributed by atoms with Crippen LogP contribution in [0.25, 0.3) is 0 Å². The average Bonchev–Trinajstić information content (AvgIpc) is 2.41. The first-order valence-electron chi connectivity index (χ1n) is 6.06. The first-order valence-corrected chi connectivity index (χ1v) is 6.06. The van der Waals surface area contributed by atoms with Crippen LogP contribution in [-0.2, 0) is 11.2 Å². The number of halogens is 1. The fourth-order valence-corrected chi connectivity index (χ4v) is 1.83. The van der Waals surface area contributed by atoms with E-state index in [2.05, 4.69) is 5.32 Å². The molecule has 0 saturated heterocycles. The summed E-state index contributed by atoms with van der Waals surface area (Å²) in [6.07, 6.45) is 0.102. The van der Waals surface area contributed by atoms with Gasteiger partial charge in [0.25, 0.3) is 0 Å². The Morgan fingerprint density at radius 3 is 2.80 bits per heavy atom. The molecule has 1 amide bonds. The van der Waals surface area contributed by atoms with Crippen LogP contribution >= 0.6 is 0 Å². The Kier molecular flexibility index (Phi) is 4.20. The van der Waals surface area contributed by atoms with Crippen molar-refractivity contribution >= 4 is 17.3 Å². The van der Waals surface area contributed by atoms with Crippen LogP contribution in [0.1, 0.15) is 5.56 Å². The predicted molar refractivity (Wildman–Crippen MR) is 76.1 cm³/mol. The summed E-state index contributed by atoms with van der Waals surface area (Å²) < 4.78 is 18.1. The number of nitrogens with two attached hydrogens (primary N) is 1. The zero-order valence-electron chi connectivity index (χ0n) is 11.0. The number of rotatable bonds is 4. The summed E-state index contributed by atoms with van der Waals surface area (Å²) >= 11 is 0. The number of nitrogens with one attached hydrogen (secondary N) is 1. The molecule has 0 atom stereocenters. The normalized spacial score (nSPS) is 10.1. The van der Waals surface area contributed by atoms with Gasteiger partial charge in [-0.2, -0.15) is 0 Å². The maximum Gasteiger partial charge on any atom is 0.228 e. The molecule has 3 N–H and O–H groups in total. The zero-order valence-corrected chi connectivity index (χ0v) is 11.0. The van der Waals surface area contributed by atoms with Crippen LogP contribution in [0.5, 0.6) is 5.75 Å². The molecule has 0 bridgehead atoms. The molecule has 0 aliphatic heterocycles. The number of amides is 1. The molecule has 2 aromatic carbocycles. The van der Waals surface area contributed by atoms with Crippen LogP contribution in [0.2, 0.25) is 0 Å². The van der Waals surface area contributed by atoms with E-state index in [9.17, 15) is 9.18 Å². The van der Waals surface area contributed by atoms with E-state index >= 15 is 0 Å². The van der Waals surface area contributed by atoms with Gasteiger partial charge in [0.05, 0.1) is 19.2 Å². The summed E-state index contributed by atoms with van der Waals surface area (Å²) in [5.41, 5.74) is 7.38. The minimum absolute atomic E-state index is 0.102. The minimum atomic E-state index is -0.357. The summed E-state index contributed by atoms with van der Waals surface area (Å²) in [4.78, 5) is 11.9. The fourth-order valence-electron chi connectivity index (χ4n) is 1.83. The first-order chi connectivity index (χ1) is 9.58. The van der Waals surface area contributed by atoms with Crippen LogP contribution in [0.4, 0.5) is 15.8 Å². The summed E-state index contributed by atoms with van der Waals surface area (Å²) in [6, 6.07) is 10.9. The third-order valence-electron chi connectivity index (χ3n) is 2.77. The number of hydrogen-bond acceptors (Lipinski definition) is 3. The van der Waals surface area contributed by atoms with Crippen molar-refractivity contribution in [3.63, 3.8) is 0 Å². The Morgan fingerprint density at radius 1 is 1.30 bits per heavy atom. The second kappa shape index (κ2) is 6.06. The number of anilines is 2. The summed E-state index contributed by atoms with van der Waals surface area (Å²) in [6.45, 7) is 0. The van der Waals surface area contributed by atoms with Gasteiger partial charge in [0, 0.05) is 11.8 Å². The van der Waals surface area contributed by atoms with Gasteiger partial charge in [-0.15, -0.1) is 0 Å². The highest BCUT2D eigenvalue weighted by Gasteiger charge is 2.07. The number of methoxy groups -OCH3 is 1. The Hall–Kier alpha value is -2.56. The van der Waals surface area contributed by atoms with Gasteiger partial charge in [-0.1, -0.05) is 12.1 Å². The van der Waals surface area contributed by atoms with E-state index in [1.807, 2.05) is 0 Å². The lowest BCUT2D eigenvalue weighted by Crippen LogP contribution is -2.14. The van der Waals surface area contributed by atoms with E-state index in [0.29, 0.717) is 22.7 Å². The highest BCUT2D eigenvalue weighted by Crippen LogP contribution is 2.25. The lowest BCUT2D eigenvalue weighted by molar-refractivity contribution is -0.115. The first kappa shape index (κ1) is 13.9. The third-order valence-corrected chi connectivity index (χ3v) is 2.77. The fraction of sp³-hybridized carbons (Fsp3) is 0.133. The van der Waals surface area contributed by atoms with Crippen LogP contribution < -0.4 is 15.8 Å². The van der Waals surface area contributed by atoms with E-state index in [0.717, 1.165) is 0 Å². The molecule has 0 radical (unpaired) electrons. The number of carbonyl (C=O) groups is 1.